The highest BCUT2D eigenvalue weighted by atomic mass is 35.5. The number of rotatable bonds is 5. The van der Waals surface area contributed by atoms with Crippen molar-refractivity contribution in [2.24, 2.45) is 0 Å². The molecule has 0 spiro atoms. The van der Waals surface area contributed by atoms with E-state index in [9.17, 15) is 10.1 Å². The highest BCUT2D eigenvalue weighted by Gasteiger charge is 2.16. The van der Waals surface area contributed by atoms with Crippen molar-refractivity contribution in [1.82, 2.24) is 10.6 Å². The third-order valence-electron chi connectivity index (χ3n) is 5.25. The van der Waals surface area contributed by atoms with E-state index in [1.165, 1.54) is 51.1 Å². The van der Waals surface area contributed by atoms with Crippen LogP contribution in [0.15, 0.2) is 36.0 Å². The number of nitrogens with zero attached hydrogens (tertiary/aromatic N) is 1. The topological polar surface area (TPSA) is 64.9 Å². The van der Waals surface area contributed by atoms with E-state index in [0.717, 1.165) is 31.2 Å². The first-order valence-electron chi connectivity index (χ1n) is 10.6. The van der Waals surface area contributed by atoms with Crippen molar-refractivity contribution in [3.05, 3.63) is 46.6 Å². The molecule has 0 heterocycles. The molecule has 0 bridgehead atoms. The SMILES string of the molecule is N#C/C(=C/NCc1cccc(Cl)c1)C(=O)NC1CCCCCCCCCCC1. The van der Waals surface area contributed by atoms with Gasteiger partial charge in [-0.15, -0.1) is 0 Å². The van der Waals surface area contributed by atoms with Gasteiger partial charge >= 0.3 is 0 Å². The number of carbonyl (C=O) groups is 1. The molecule has 1 saturated carbocycles. The Morgan fingerprint density at radius 1 is 1.07 bits per heavy atom. The molecule has 0 radical (unpaired) electrons. The number of carbonyl (C=O) groups excluding carboxylic acids is 1. The van der Waals surface area contributed by atoms with Crippen LogP contribution in [0.5, 0.6) is 0 Å². The van der Waals surface area contributed by atoms with Crippen LogP contribution in [-0.4, -0.2) is 11.9 Å². The minimum atomic E-state index is -0.279. The first-order valence-corrected chi connectivity index (χ1v) is 11.0. The highest BCUT2D eigenvalue weighted by Crippen LogP contribution is 2.17. The number of amides is 1. The van der Waals surface area contributed by atoms with Crippen LogP contribution in [0, 0.1) is 11.3 Å². The average Bonchev–Trinajstić information content (AvgIpc) is 2.67. The molecule has 0 unspecified atom stereocenters. The van der Waals surface area contributed by atoms with Crippen LogP contribution < -0.4 is 10.6 Å². The number of nitriles is 1. The van der Waals surface area contributed by atoms with E-state index in [0.29, 0.717) is 11.6 Å². The summed E-state index contributed by atoms with van der Waals surface area (Å²) in [5.41, 5.74) is 1.12. The monoisotopic (exact) mass is 401 g/mol. The van der Waals surface area contributed by atoms with Crippen molar-refractivity contribution >= 4 is 17.5 Å². The largest absolute Gasteiger partial charge is 0.386 e. The van der Waals surface area contributed by atoms with Crippen molar-refractivity contribution in [3.8, 4) is 6.07 Å². The van der Waals surface area contributed by atoms with Gasteiger partial charge in [0.25, 0.3) is 5.91 Å². The Morgan fingerprint density at radius 2 is 1.68 bits per heavy atom. The Kier molecular flexibility index (Phi) is 10.5. The van der Waals surface area contributed by atoms with Crippen molar-refractivity contribution in [3.63, 3.8) is 0 Å². The molecule has 1 aliphatic rings. The zero-order valence-corrected chi connectivity index (χ0v) is 17.4. The fourth-order valence-electron chi connectivity index (χ4n) is 3.64. The molecule has 152 valence electrons. The quantitative estimate of drug-likeness (QED) is 0.496. The van der Waals surface area contributed by atoms with Gasteiger partial charge in [0.1, 0.15) is 11.6 Å². The fourth-order valence-corrected chi connectivity index (χ4v) is 3.85. The predicted molar refractivity (Wildman–Crippen MR) is 115 cm³/mol. The van der Waals surface area contributed by atoms with Crippen molar-refractivity contribution in [2.45, 2.75) is 83.2 Å². The van der Waals surface area contributed by atoms with Crippen LogP contribution in [0.4, 0.5) is 0 Å². The summed E-state index contributed by atoms with van der Waals surface area (Å²) in [5.74, 6) is -0.279. The zero-order valence-electron chi connectivity index (χ0n) is 16.7. The van der Waals surface area contributed by atoms with E-state index in [1.54, 1.807) is 0 Å². The summed E-state index contributed by atoms with van der Waals surface area (Å²) in [4.78, 5) is 12.6. The van der Waals surface area contributed by atoms with Crippen LogP contribution in [0.3, 0.4) is 0 Å². The average molecular weight is 402 g/mol. The Hall–Kier alpha value is -1.99. The van der Waals surface area contributed by atoms with E-state index in [4.69, 9.17) is 11.6 Å². The maximum absolute atomic E-state index is 12.6. The second-order valence-corrected chi connectivity index (χ2v) is 8.05. The molecule has 1 fully saturated rings. The van der Waals surface area contributed by atoms with Crippen molar-refractivity contribution < 1.29 is 4.79 Å². The van der Waals surface area contributed by atoms with Gasteiger partial charge in [-0.1, -0.05) is 81.5 Å². The number of benzene rings is 1. The molecule has 28 heavy (non-hydrogen) atoms. The second kappa shape index (κ2) is 13.2. The Bertz CT molecular complexity index is 669. The van der Waals surface area contributed by atoms with E-state index in [2.05, 4.69) is 10.6 Å². The van der Waals surface area contributed by atoms with E-state index in [1.807, 2.05) is 30.3 Å². The lowest BCUT2D eigenvalue weighted by molar-refractivity contribution is -0.117. The molecular weight excluding hydrogens is 370 g/mol. The van der Waals surface area contributed by atoms with Crippen LogP contribution in [-0.2, 0) is 11.3 Å². The van der Waals surface area contributed by atoms with Gasteiger partial charge in [-0.05, 0) is 30.5 Å². The number of halogens is 1. The molecule has 0 aliphatic heterocycles. The second-order valence-electron chi connectivity index (χ2n) is 7.61. The maximum atomic E-state index is 12.6. The van der Waals surface area contributed by atoms with Gasteiger partial charge < -0.3 is 10.6 Å². The highest BCUT2D eigenvalue weighted by molar-refractivity contribution is 6.30. The molecular formula is C23H32ClN3O. The number of hydrogen-bond acceptors (Lipinski definition) is 3. The number of hydrogen-bond donors (Lipinski definition) is 2. The lowest BCUT2D eigenvalue weighted by atomic mass is 9.98. The molecule has 1 aromatic rings. The smallest absolute Gasteiger partial charge is 0.263 e. The van der Waals surface area contributed by atoms with Crippen LogP contribution in [0.2, 0.25) is 5.02 Å². The molecule has 0 atom stereocenters. The minimum absolute atomic E-state index is 0.119. The Labute approximate surface area is 174 Å². The molecule has 1 aromatic carbocycles. The summed E-state index contributed by atoms with van der Waals surface area (Å²) >= 11 is 5.98. The van der Waals surface area contributed by atoms with Gasteiger partial charge in [0.2, 0.25) is 0 Å². The van der Waals surface area contributed by atoms with Crippen molar-refractivity contribution in [2.75, 3.05) is 0 Å². The Morgan fingerprint density at radius 3 is 2.25 bits per heavy atom. The molecule has 1 amide bonds. The van der Waals surface area contributed by atoms with Crippen LogP contribution in [0.1, 0.15) is 76.2 Å². The summed E-state index contributed by atoms with van der Waals surface area (Å²) in [6, 6.07) is 9.69. The zero-order chi connectivity index (χ0) is 20.0. The molecule has 0 saturated heterocycles. The van der Waals surface area contributed by atoms with Gasteiger partial charge in [-0.2, -0.15) is 5.26 Å². The molecule has 1 aliphatic carbocycles. The summed E-state index contributed by atoms with van der Waals surface area (Å²) in [6.07, 6.45) is 14.9. The third kappa shape index (κ3) is 8.80. The van der Waals surface area contributed by atoms with Gasteiger partial charge in [0.15, 0.2) is 0 Å². The molecule has 4 nitrogen and oxygen atoms in total. The summed E-state index contributed by atoms with van der Waals surface area (Å²) in [5, 5.41) is 16.2. The van der Waals surface area contributed by atoms with Crippen LogP contribution in [0.25, 0.3) is 0 Å². The van der Waals surface area contributed by atoms with Gasteiger partial charge in [0, 0.05) is 23.8 Å². The summed E-state index contributed by atoms with van der Waals surface area (Å²) in [7, 11) is 0. The lowest BCUT2D eigenvalue weighted by Gasteiger charge is -2.19. The van der Waals surface area contributed by atoms with Gasteiger partial charge in [-0.3, -0.25) is 4.79 Å². The molecule has 5 heteroatoms. The van der Waals surface area contributed by atoms with Gasteiger partial charge in [0.05, 0.1) is 0 Å². The first-order chi connectivity index (χ1) is 13.7. The van der Waals surface area contributed by atoms with E-state index in [-0.39, 0.29) is 17.5 Å². The van der Waals surface area contributed by atoms with Gasteiger partial charge in [-0.25, -0.2) is 0 Å². The summed E-state index contributed by atoms with van der Waals surface area (Å²) < 4.78 is 0. The van der Waals surface area contributed by atoms with Crippen molar-refractivity contribution in [1.29, 1.82) is 5.26 Å². The Balaban J connectivity index is 1.86. The molecule has 0 aromatic heterocycles. The molecule has 2 N–H and O–H groups in total. The van der Waals surface area contributed by atoms with E-state index < -0.39 is 0 Å². The fraction of sp³-hybridized carbons (Fsp3) is 0.565. The predicted octanol–water partition coefficient (Wildman–Crippen LogP) is 5.63. The van der Waals surface area contributed by atoms with E-state index >= 15 is 0 Å². The third-order valence-corrected chi connectivity index (χ3v) is 5.48. The number of nitrogens with one attached hydrogen (secondary N) is 2. The lowest BCUT2D eigenvalue weighted by Crippen LogP contribution is -2.36. The molecule has 2 rings (SSSR count). The standard InChI is InChI=1S/C23H32ClN3O/c24-21-12-10-11-19(15-21)17-26-18-20(16-25)23(28)27-22-13-8-6-4-2-1-3-5-7-9-14-22/h10-12,15,18,22,26H,1-9,13-14,17H2,(H,27,28)/b20-18-. The van der Waals surface area contributed by atoms with Crippen LogP contribution >= 0.6 is 11.6 Å². The summed E-state index contributed by atoms with van der Waals surface area (Å²) in [6.45, 7) is 0.516. The minimum Gasteiger partial charge on any atom is -0.386 e. The maximum Gasteiger partial charge on any atom is 0.263 e. The first kappa shape index (κ1) is 22.3. The normalized spacial score (nSPS) is 17.6.